The topological polar surface area (TPSA) is 66.6 Å². The summed E-state index contributed by atoms with van der Waals surface area (Å²) in [6.07, 6.45) is -0.236. The van der Waals surface area contributed by atoms with E-state index < -0.39 is 6.10 Å². The van der Waals surface area contributed by atoms with Gasteiger partial charge in [-0.15, -0.1) is 0 Å². The fourth-order valence-electron chi connectivity index (χ4n) is 2.57. The number of amides is 1. The molecule has 0 fully saturated rings. The Morgan fingerprint density at radius 2 is 1.65 bits per heavy atom. The van der Waals surface area contributed by atoms with Gasteiger partial charge in [-0.05, 0) is 17.5 Å². The highest BCUT2D eigenvalue weighted by molar-refractivity contribution is 5.73. The van der Waals surface area contributed by atoms with Crippen molar-refractivity contribution in [3.8, 4) is 0 Å². The van der Waals surface area contributed by atoms with Crippen molar-refractivity contribution in [2.45, 2.75) is 32.0 Å². The van der Waals surface area contributed by atoms with Crippen LogP contribution in [0.5, 0.6) is 0 Å². The van der Waals surface area contributed by atoms with Crippen LogP contribution in [0.1, 0.15) is 30.5 Å². The van der Waals surface area contributed by atoms with Gasteiger partial charge in [0.15, 0.2) is 0 Å². The average molecular weight is 312 g/mol. The predicted molar refractivity (Wildman–Crippen MR) is 91.5 cm³/mol. The van der Waals surface area contributed by atoms with Gasteiger partial charge in [0.05, 0.1) is 6.10 Å². The maximum atomic E-state index is 11.8. The molecule has 2 unspecified atom stereocenters. The first-order valence-electron chi connectivity index (χ1n) is 7.84. The Bertz CT molecular complexity index is 601. The van der Waals surface area contributed by atoms with Gasteiger partial charge in [0.1, 0.15) is 0 Å². The molecule has 4 heteroatoms. The highest BCUT2D eigenvalue weighted by Gasteiger charge is 2.18. The summed E-state index contributed by atoms with van der Waals surface area (Å²) in [4.78, 5) is 13.5. The second-order valence-electron chi connectivity index (χ2n) is 5.79. The van der Waals surface area contributed by atoms with E-state index >= 15 is 0 Å². The first-order chi connectivity index (χ1) is 11.1. The number of carbonyl (C=O) groups is 1. The average Bonchev–Trinajstić information content (AvgIpc) is 2.56. The predicted octanol–water partition coefficient (Wildman–Crippen LogP) is 2.49. The molecule has 3 N–H and O–H groups in total. The standard InChI is InChI=1S/C19H24N2O2/c1-15(22)21(13-16-8-4-2-5-9-16)14-18(23)12-19(20)17-10-6-3-7-11-17/h2-11,18-19,23H,12-14,20H2,1H3. The van der Waals surface area contributed by atoms with Crippen LogP contribution < -0.4 is 5.73 Å². The molecule has 2 aromatic carbocycles. The van der Waals surface area contributed by atoms with Gasteiger partial charge in [0.25, 0.3) is 0 Å². The summed E-state index contributed by atoms with van der Waals surface area (Å²) in [6, 6.07) is 19.2. The maximum Gasteiger partial charge on any atom is 0.219 e. The van der Waals surface area contributed by atoms with Crippen LogP contribution in [-0.2, 0) is 11.3 Å². The van der Waals surface area contributed by atoms with Crippen LogP contribution in [0.3, 0.4) is 0 Å². The Morgan fingerprint density at radius 1 is 1.09 bits per heavy atom. The van der Waals surface area contributed by atoms with Crippen LogP contribution in [0.2, 0.25) is 0 Å². The van der Waals surface area contributed by atoms with Crippen molar-refractivity contribution in [1.29, 1.82) is 0 Å². The molecule has 0 saturated carbocycles. The number of aliphatic hydroxyl groups is 1. The lowest BCUT2D eigenvalue weighted by atomic mass is 10.0. The summed E-state index contributed by atoms with van der Waals surface area (Å²) in [7, 11) is 0. The molecule has 2 atom stereocenters. The van der Waals surface area contributed by atoms with Crippen molar-refractivity contribution in [3.63, 3.8) is 0 Å². The van der Waals surface area contributed by atoms with E-state index in [1.165, 1.54) is 6.92 Å². The molecule has 1 amide bonds. The van der Waals surface area contributed by atoms with Crippen LogP contribution in [-0.4, -0.2) is 28.6 Å². The van der Waals surface area contributed by atoms with Crippen LogP contribution >= 0.6 is 0 Å². The summed E-state index contributed by atoms with van der Waals surface area (Å²) in [6.45, 7) is 2.30. The van der Waals surface area contributed by atoms with Gasteiger partial charge in [-0.3, -0.25) is 4.79 Å². The lowest BCUT2D eigenvalue weighted by molar-refractivity contribution is -0.131. The third kappa shape index (κ3) is 5.51. The number of hydrogen-bond acceptors (Lipinski definition) is 3. The van der Waals surface area contributed by atoms with E-state index in [1.54, 1.807) is 4.90 Å². The maximum absolute atomic E-state index is 11.8. The number of nitrogens with zero attached hydrogens (tertiary/aromatic N) is 1. The van der Waals surface area contributed by atoms with Crippen LogP contribution in [0.25, 0.3) is 0 Å². The zero-order valence-electron chi connectivity index (χ0n) is 13.4. The summed E-state index contributed by atoms with van der Waals surface area (Å²) >= 11 is 0. The Hall–Kier alpha value is -2.17. The van der Waals surface area contributed by atoms with Crippen LogP contribution in [0.4, 0.5) is 0 Å². The molecule has 0 bridgehead atoms. The fraction of sp³-hybridized carbons (Fsp3) is 0.316. The molecule has 122 valence electrons. The lowest BCUT2D eigenvalue weighted by Crippen LogP contribution is -2.36. The molecular weight excluding hydrogens is 288 g/mol. The summed E-state index contributed by atoms with van der Waals surface area (Å²) < 4.78 is 0. The number of rotatable bonds is 7. The molecule has 23 heavy (non-hydrogen) atoms. The molecule has 4 nitrogen and oxygen atoms in total. The number of carbonyl (C=O) groups excluding carboxylic acids is 1. The number of nitrogens with two attached hydrogens (primary N) is 1. The van der Waals surface area contributed by atoms with Crippen molar-refractivity contribution in [2.24, 2.45) is 5.73 Å². The second-order valence-corrected chi connectivity index (χ2v) is 5.79. The van der Waals surface area contributed by atoms with Gasteiger partial charge in [0, 0.05) is 26.1 Å². The smallest absolute Gasteiger partial charge is 0.219 e. The second kappa shape index (κ2) is 8.46. The molecule has 0 aliphatic carbocycles. The molecule has 0 aromatic heterocycles. The molecular formula is C19H24N2O2. The molecule has 0 saturated heterocycles. The summed E-state index contributed by atoms with van der Waals surface area (Å²) in [5, 5.41) is 10.3. The van der Waals surface area contributed by atoms with E-state index in [2.05, 4.69) is 0 Å². The third-order valence-electron chi connectivity index (χ3n) is 3.85. The number of aliphatic hydroxyl groups excluding tert-OH is 1. The molecule has 0 radical (unpaired) electrons. The molecule has 0 heterocycles. The Labute approximate surface area is 137 Å². The van der Waals surface area contributed by atoms with Crippen molar-refractivity contribution in [2.75, 3.05) is 6.54 Å². The minimum absolute atomic E-state index is 0.0545. The lowest BCUT2D eigenvalue weighted by Gasteiger charge is -2.25. The Kier molecular flexibility index (Phi) is 6.32. The van der Waals surface area contributed by atoms with E-state index in [1.807, 2.05) is 60.7 Å². The third-order valence-corrected chi connectivity index (χ3v) is 3.85. The number of hydrogen-bond donors (Lipinski definition) is 2. The van der Waals surface area contributed by atoms with Crippen LogP contribution in [0.15, 0.2) is 60.7 Å². The van der Waals surface area contributed by atoms with E-state index in [4.69, 9.17) is 5.73 Å². The van der Waals surface area contributed by atoms with Gasteiger partial charge >= 0.3 is 0 Å². The minimum atomic E-state index is -0.655. The molecule has 0 aliphatic heterocycles. The van der Waals surface area contributed by atoms with E-state index in [0.717, 1.165) is 11.1 Å². The summed E-state index contributed by atoms with van der Waals surface area (Å²) in [5.74, 6) is -0.0545. The number of benzene rings is 2. The van der Waals surface area contributed by atoms with Gasteiger partial charge in [-0.1, -0.05) is 60.7 Å². The Balaban J connectivity index is 1.93. The van der Waals surface area contributed by atoms with Gasteiger partial charge in [-0.2, -0.15) is 0 Å². The van der Waals surface area contributed by atoms with Crippen molar-refractivity contribution in [1.82, 2.24) is 4.90 Å². The van der Waals surface area contributed by atoms with Gasteiger partial charge in [-0.25, -0.2) is 0 Å². The van der Waals surface area contributed by atoms with Gasteiger partial charge < -0.3 is 15.7 Å². The largest absolute Gasteiger partial charge is 0.391 e. The van der Waals surface area contributed by atoms with Gasteiger partial charge in [0.2, 0.25) is 5.91 Å². The SMILES string of the molecule is CC(=O)N(Cc1ccccc1)CC(O)CC(N)c1ccccc1. The monoisotopic (exact) mass is 312 g/mol. The molecule has 0 spiro atoms. The van der Waals surface area contributed by atoms with Crippen molar-refractivity contribution in [3.05, 3.63) is 71.8 Å². The zero-order chi connectivity index (χ0) is 16.7. The quantitative estimate of drug-likeness (QED) is 0.825. The van der Waals surface area contributed by atoms with Crippen molar-refractivity contribution < 1.29 is 9.90 Å². The highest BCUT2D eigenvalue weighted by Crippen LogP contribution is 2.16. The summed E-state index contributed by atoms with van der Waals surface area (Å²) in [5.41, 5.74) is 8.17. The normalized spacial score (nSPS) is 13.3. The van der Waals surface area contributed by atoms with Crippen molar-refractivity contribution >= 4 is 5.91 Å². The molecule has 2 rings (SSSR count). The first kappa shape index (κ1) is 17.2. The highest BCUT2D eigenvalue weighted by atomic mass is 16.3. The Morgan fingerprint density at radius 3 is 2.22 bits per heavy atom. The van der Waals surface area contributed by atoms with Crippen LogP contribution in [0, 0.1) is 0 Å². The first-order valence-corrected chi connectivity index (χ1v) is 7.84. The fourth-order valence-corrected chi connectivity index (χ4v) is 2.57. The molecule has 2 aromatic rings. The molecule has 0 aliphatic rings. The van der Waals surface area contributed by atoms with E-state index in [9.17, 15) is 9.90 Å². The minimum Gasteiger partial charge on any atom is -0.391 e. The van der Waals surface area contributed by atoms with E-state index in [0.29, 0.717) is 13.0 Å². The van der Waals surface area contributed by atoms with E-state index in [-0.39, 0.29) is 18.5 Å². The zero-order valence-corrected chi connectivity index (χ0v) is 13.4.